The highest BCUT2D eigenvalue weighted by molar-refractivity contribution is 7.93. The van der Waals surface area contributed by atoms with Gasteiger partial charge >= 0.3 is 0 Å². The average Bonchev–Trinajstić information content (AvgIpc) is 2.90. The molecule has 0 bridgehead atoms. The van der Waals surface area contributed by atoms with Gasteiger partial charge in [0, 0.05) is 6.07 Å². The molecule has 0 spiro atoms. The molecule has 0 saturated carbocycles. The first kappa shape index (κ1) is 13.6. The second-order valence-corrected chi connectivity index (χ2v) is 6.03. The third-order valence-electron chi connectivity index (χ3n) is 2.33. The summed E-state index contributed by atoms with van der Waals surface area (Å²) in [6, 6.07) is 4.58. The number of thiazole rings is 1. The Hall–Kier alpha value is -1.80. The van der Waals surface area contributed by atoms with Crippen LogP contribution in [0.5, 0.6) is 11.5 Å². The molecule has 2 aromatic rings. The number of anilines is 1. The van der Waals surface area contributed by atoms with Gasteiger partial charge in [0.05, 0.1) is 25.9 Å². The van der Waals surface area contributed by atoms with Crippen LogP contribution in [0.3, 0.4) is 0 Å². The van der Waals surface area contributed by atoms with Crippen molar-refractivity contribution < 1.29 is 17.9 Å². The zero-order valence-electron chi connectivity index (χ0n) is 10.3. The largest absolute Gasteiger partial charge is 0.497 e. The van der Waals surface area contributed by atoms with Crippen molar-refractivity contribution in [3.05, 3.63) is 29.9 Å². The molecule has 0 atom stereocenters. The molecule has 6 nitrogen and oxygen atoms in total. The fraction of sp³-hybridized carbons (Fsp3) is 0.182. The van der Waals surface area contributed by atoms with Gasteiger partial charge < -0.3 is 9.47 Å². The smallest absolute Gasteiger partial charge is 0.266 e. The van der Waals surface area contributed by atoms with Gasteiger partial charge in [-0.05, 0) is 12.1 Å². The summed E-state index contributed by atoms with van der Waals surface area (Å²) in [5.74, 6) is 0.684. The molecular formula is C11H12N2O4S2. The van der Waals surface area contributed by atoms with Crippen LogP contribution in [0, 0.1) is 0 Å². The second-order valence-electron chi connectivity index (χ2n) is 3.49. The number of sulfonamides is 1. The van der Waals surface area contributed by atoms with E-state index in [2.05, 4.69) is 9.71 Å². The number of aromatic nitrogens is 1. The first-order valence-electron chi connectivity index (χ1n) is 5.20. The van der Waals surface area contributed by atoms with Crippen molar-refractivity contribution in [3.8, 4) is 11.5 Å². The molecule has 1 heterocycles. The monoisotopic (exact) mass is 300 g/mol. The number of hydrogen-bond donors (Lipinski definition) is 1. The first-order valence-corrected chi connectivity index (χ1v) is 7.56. The molecule has 1 aromatic carbocycles. The van der Waals surface area contributed by atoms with E-state index in [-0.39, 0.29) is 10.6 Å². The number of nitrogens with one attached hydrogen (secondary N) is 1. The third kappa shape index (κ3) is 2.96. The van der Waals surface area contributed by atoms with Crippen molar-refractivity contribution in [1.82, 2.24) is 4.98 Å². The lowest BCUT2D eigenvalue weighted by atomic mass is 10.3. The van der Waals surface area contributed by atoms with Crippen molar-refractivity contribution >= 4 is 26.4 Å². The lowest BCUT2D eigenvalue weighted by Crippen LogP contribution is -2.13. The van der Waals surface area contributed by atoms with E-state index in [4.69, 9.17) is 9.47 Å². The van der Waals surface area contributed by atoms with Crippen LogP contribution < -0.4 is 14.2 Å². The predicted octanol–water partition coefficient (Wildman–Crippen LogP) is 1.96. The predicted molar refractivity (Wildman–Crippen MR) is 72.5 cm³/mol. The molecule has 102 valence electrons. The molecule has 0 fully saturated rings. The van der Waals surface area contributed by atoms with Crippen LogP contribution in [0.25, 0.3) is 0 Å². The van der Waals surface area contributed by atoms with Gasteiger partial charge in [-0.3, -0.25) is 9.71 Å². The van der Waals surface area contributed by atoms with Crippen LogP contribution in [-0.2, 0) is 10.0 Å². The van der Waals surface area contributed by atoms with Crippen molar-refractivity contribution in [2.75, 3.05) is 18.9 Å². The van der Waals surface area contributed by atoms with Gasteiger partial charge in [-0.2, -0.15) is 0 Å². The maximum atomic E-state index is 12.3. The highest BCUT2D eigenvalue weighted by Crippen LogP contribution is 2.30. The lowest BCUT2D eigenvalue weighted by Gasteiger charge is -2.11. The van der Waals surface area contributed by atoms with E-state index >= 15 is 0 Å². The zero-order chi connectivity index (χ0) is 13.9. The summed E-state index contributed by atoms with van der Waals surface area (Å²) in [5.41, 5.74) is 1.54. The molecule has 19 heavy (non-hydrogen) atoms. The summed E-state index contributed by atoms with van der Waals surface area (Å²) in [4.78, 5) is 3.83. The van der Waals surface area contributed by atoms with Gasteiger partial charge in [-0.25, -0.2) is 8.42 Å². The average molecular weight is 300 g/mol. The van der Waals surface area contributed by atoms with Crippen LogP contribution in [0.4, 0.5) is 5.00 Å². The number of rotatable bonds is 5. The Morgan fingerprint density at radius 3 is 2.63 bits per heavy atom. The minimum Gasteiger partial charge on any atom is -0.497 e. The Balaban J connectivity index is 2.43. The first-order chi connectivity index (χ1) is 9.06. The van der Waals surface area contributed by atoms with E-state index in [1.165, 1.54) is 37.8 Å². The Labute approximate surface area is 115 Å². The number of benzene rings is 1. The fourth-order valence-corrected chi connectivity index (χ4v) is 3.44. The Kier molecular flexibility index (Phi) is 3.91. The van der Waals surface area contributed by atoms with E-state index in [0.717, 1.165) is 0 Å². The zero-order valence-corrected chi connectivity index (χ0v) is 11.9. The minimum atomic E-state index is -3.74. The normalized spacial score (nSPS) is 11.1. The van der Waals surface area contributed by atoms with Crippen molar-refractivity contribution in [1.29, 1.82) is 0 Å². The van der Waals surface area contributed by atoms with Gasteiger partial charge in [-0.1, -0.05) is 0 Å². The van der Waals surface area contributed by atoms with E-state index in [1.54, 1.807) is 17.6 Å². The molecule has 1 aromatic heterocycles. The SMILES string of the molecule is COc1ccc(OC)c(S(=O)(=O)Nc2cncs2)c1. The minimum absolute atomic E-state index is 0.0164. The molecule has 1 N–H and O–H groups in total. The van der Waals surface area contributed by atoms with Crippen LogP contribution in [0.15, 0.2) is 34.8 Å². The van der Waals surface area contributed by atoms with Crippen LogP contribution in [0.1, 0.15) is 0 Å². The van der Waals surface area contributed by atoms with E-state index in [1.807, 2.05) is 0 Å². The molecule has 0 unspecified atom stereocenters. The number of nitrogens with zero attached hydrogens (tertiary/aromatic N) is 1. The van der Waals surface area contributed by atoms with Crippen LogP contribution in [0.2, 0.25) is 0 Å². The van der Waals surface area contributed by atoms with Crippen LogP contribution in [-0.4, -0.2) is 27.6 Å². The second kappa shape index (κ2) is 5.45. The summed E-state index contributed by atoms with van der Waals surface area (Å²) in [5, 5.41) is 0.435. The molecule has 0 aliphatic rings. The maximum Gasteiger partial charge on any atom is 0.266 e. The molecule has 0 saturated heterocycles. The summed E-state index contributed by atoms with van der Waals surface area (Å²) in [6.07, 6.45) is 1.44. The Morgan fingerprint density at radius 1 is 1.26 bits per heavy atom. The Bertz CT molecular complexity index is 653. The quantitative estimate of drug-likeness (QED) is 0.913. The maximum absolute atomic E-state index is 12.3. The van der Waals surface area contributed by atoms with Gasteiger partial charge in [0.15, 0.2) is 0 Å². The molecule has 0 radical (unpaired) electrons. The van der Waals surface area contributed by atoms with E-state index in [9.17, 15) is 8.42 Å². The molecule has 0 aliphatic carbocycles. The fourth-order valence-electron chi connectivity index (χ4n) is 1.45. The standard InChI is InChI=1S/C11H12N2O4S2/c1-16-8-3-4-9(17-2)10(5-8)19(14,15)13-11-6-12-7-18-11/h3-7,13H,1-2H3. The van der Waals surface area contributed by atoms with Gasteiger partial charge in [0.1, 0.15) is 21.4 Å². The van der Waals surface area contributed by atoms with Crippen molar-refractivity contribution in [2.45, 2.75) is 4.90 Å². The van der Waals surface area contributed by atoms with E-state index < -0.39 is 10.0 Å². The topological polar surface area (TPSA) is 77.5 Å². The molecule has 2 rings (SSSR count). The number of methoxy groups -OCH3 is 2. The third-order valence-corrected chi connectivity index (χ3v) is 4.53. The van der Waals surface area contributed by atoms with Crippen molar-refractivity contribution in [3.63, 3.8) is 0 Å². The van der Waals surface area contributed by atoms with Gasteiger partial charge in [-0.15, -0.1) is 11.3 Å². The van der Waals surface area contributed by atoms with Crippen molar-refractivity contribution in [2.24, 2.45) is 0 Å². The molecular weight excluding hydrogens is 288 g/mol. The molecule has 0 aliphatic heterocycles. The van der Waals surface area contributed by atoms with Crippen LogP contribution >= 0.6 is 11.3 Å². The van der Waals surface area contributed by atoms with Gasteiger partial charge in [0.2, 0.25) is 0 Å². The summed E-state index contributed by atoms with van der Waals surface area (Å²) < 4.78 is 37.1. The highest BCUT2D eigenvalue weighted by atomic mass is 32.2. The lowest BCUT2D eigenvalue weighted by molar-refractivity contribution is 0.392. The number of ether oxygens (including phenoxy) is 2. The summed E-state index contributed by atoms with van der Waals surface area (Å²) in [7, 11) is -0.866. The Morgan fingerprint density at radius 2 is 2.05 bits per heavy atom. The van der Waals surface area contributed by atoms with E-state index in [0.29, 0.717) is 10.8 Å². The van der Waals surface area contributed by atoms with Gasteiger partial charge in [0.25, 0.3) is 10.0 Å². The highest BCUT2D eigenvalue weighted by Gasteiger charge is 2.21. The number of hydrogen-bond acceptors (Lipinski definition) is 6. The summed E-state index contributed by atoms with van der Waals surface area (Å²) in [6.45, 7) is 0. The summed E-state index contributed by atoms with van der Waals surface area (Å²) >= 11 is 1.19. The molecule has 8 heteroatoms. The molecule has 0 amide bonds.